The maximum atomic E-state index is 14.1. The van der Waals surface area contributed by atoms with Crippen molar-refractivity contribution in [3.05, 3.63) is 29.8 Å². The average molecular weight is 468 g/mol. The second-order valence-electron chi connectivity index (χ2n) is 12.1. The van der Waals surface area contributed by atoms with Crippen molar-refractivity contribution in [1.82, 2.24) is 0 Å². The highest BCUT2D eigenvalue weighted by atomic mass is 16.3. The van der Waals surface area contributed by atoms with Crippen LogP contribution in [0.2, 0.25) is 0 Å². The Bertz CT molecular complexity index is 1030. The number of rotatable bonds is 4. The summed E-state index contributed by atoms with van der Waals surface area (Å²) in [7, 11) is 0. The summed E-state index contributed by atoms with van der Waals surface area (Å²) in [6.45, 7) is 8.11. The molecule has 0 heterocycles. The van der Waals surface area contributed by atoms with Crippen LogP contribution in [0.25, 0.3) is 0 Å². The number of ketones is 3. The van der Waals surface area contributed by atoms with Crippen molar-refractivity contribution >= 4 is 23.0 Å². The number of hydrogen-bond acceptors (Lipinski definition) is 6. The smallest absolute Gasteiger partial charge is 0.159 e. The summed E-state index contributed by atoms with van der Waals surface area (Å²) in [5, 5.41) is 26.4. The molecule has 4 saturated carbocycles. The molecule has 184 valence electrons. The fourth-order valence-corrected chi connectivity index (χ4v) is 8.63. The Hall–Kier alpha value is -2.05. The van der Waals surface area contributed by atoms with Crippen molar-refractivity contribution in [2.24, 2.45) is 39.9 Å². The predicted molar refractivity (Wildman–Crippen MR) is 128 cm³/mol. The van der Waals surface area contributed by atoms with E-state index in [-0.39, 0.29) is 46.4 Å². The van der Waals surface area contributed by atoms with Gasteiger partial charge in [0, 0.05) is 35.5 Å². The normalized spacial score (nSPS) is 42.6. The molecule has 4 aliphatic rings. The number of nitrogens with one attached hydrogen (secondary N) is 1. The maximum Gasteiger partial charge on any atom is 0.159 e. The summed E-state index contributed by atoms with van der Waals surface area (Å²) in [5.41, 5.74) is -0.478. The lowest BCUT2D eigenvalue weighted by atomic mass is 9.39. The van der Waals surface area contributed by atoms with Gasteiger partial charge in [-0.3, -0.25) is 14.4 Å². The molecule has 1 aromatic rings. The number of carbonyl (C=O) groups excluding carboxylic acids is 3. The van der Waals surface area contributed by atoms with E-state index >= 15 is 0 Å². The molecule has 1 aromatic carbocycles. The van der Waals surface area contributed by atoms with Crippen molar-refractivity contribution < 1.29 is 24.6 Å². The van der Waals surface area contributed by atoms with Crippen LogP contribution in [0, 0.1) is 39.9 Å². The maximum absolute atomic E-state index is 14.1. The molecule has 3 N–H and O–H groups in total. The van der Waals surface area contributed by atoms with Crippen LogP contribution >= 0.6 is 0 Å². The van der Waals surface area contributed by atoms with Crippen molar-refractivity contribution in [1.29, 1.82) is 0 Å². The van der Waals surface area contributed by atoms with E-state index in [0.29, 0.717) is 24.9 Å². The quantitative estimate of drug-likeness (QED) is 0.584. The van der Waals surface area contributed by atoms with Crippen LogP contribution < -0.4 is 5.32 Å². The first kappa shape index (κ1) is 23.7. The number of anilines is 1. The summed E-state index contributed by atoms with van der Waals surface area (Å²) >= 11 is 0. The van der Waals surface area contributed by atoms with E-state index in [0.717, 1.165) is 24.9 Å². The van der Waals surface area contributed by atoms with Crippen molar-refractivity contribution in [3.63, 3.8) is 0 Å². The van der Waals surface area contributed by atoms with Gasteiger partial charge in [0.25, 0.3) is 0 Å². The van der Waals surface area contributed by atoms with E-state index in [1.54, 1.807) is 12.1 Å². The molecule has 6 heteroatoms. The third kappa shape index (κ3) is 2.97. The van der Waals surface area contributed by atoms with Crippen LogP contribution in [-0.4, -0.2) is 46.3 Å². The SMILES string of the molecule is CC(=O)c1ccc(NCC2C(=O)[C@@]34[C@H](O)C[C@@H]5C(C)(C)C(=O)CC[C@@]5(C)[C@@H]3CC[C@@H]2[C@H]4O)cc1. The van der Waals surface area contributed by atoms with E-state index in [9.17, 15) is 24.6 Å². The van der Waals surface area contributed by atoms with E-state index in [4.69, 9.17) is 0 Å². The minimum Gasteiger partial charge on any atom is -0.392 e. The van der Waals surface area contributed by atoms with Crippen LogP contribution in [-0.2, 0) is 9.59 Å². The molecule has 5 rings (SSSR count). The van der Waals surface area contributed by atoms with Crippen LogP contribution in [0.4, 0.5) is 5.69 Å². The zero-order valence-electron chi connectivity index (χ0n) is 20.6. The molecule has 1 spiro atoms. The molecule has 0 saturated heterocycles. The standard InChI is InChI=1S/C28H37NO5/c1-15(30)16-5-7-17(8-6-16)29-14-19-18-9-10-20-27(4)12-11-22(31)26(2,3)21(27)13-23(32)28(20,24(18)33)25(19)34/h5-8,18-21,23-24,29,32-33H,9-14H2,1-4H3/t18-,19?,20-,21+,23+,24+,27-,28+/m0/s1. The number of benzene rings is 1. The van der Waals surface area contributed by atoms with Crippen LogP contribution in [0.1, 0.15) is 70.2 Å². The molecule has 6 nitrogen and oxygen atoms in total. The van der Waals surface area contributed by atoms with Gasteiger partial charge in [-0.05, 0) is 80.0 Å². The lowest BCUT2D eigenvalue weighted by molar-refractivity contribution is -0.222. The fraction of sp³-hybridized carbons (Fsp3) is 0.679. The van der Waals surface area contributed by atoms with Gasteiger partial charge in [-0.2, -0.15) is 0 Å². The molecule has 0 aliphatic heterocycles. The van der Waals surface area contributed by atoms with Crippen LogP contribution in [0.15, 0.2) is 24.3 Å². The topological polar surface area (TPSA) is 104 Å². The summed E-state index contributed by atoms with van der Waals surface area (Å²) in [5.74, 6) is -0.447. The molecule has 2 bridgehead atoms. The van der Waals surface area contributed by atoms with Gasteiger partial charge in [0.15, 0.2) is 5.78 Å². The minimum atomic E-state index is -1.14. The highest BCUT2D eigenvalue weighted by molar-refractivity contribution is 5.95. The van der Waals surface area contributed by atoms with Crippen molar-refractivity contribution in [3.8, 4) is 0 Å². The molecular formula is C28H37NO5. The molecule has 0 aromatic heterocycles. The molecule has 4 aliphatic carbocycles. The average Bonchev–Trinajstić information content (AvgIpc) is 2.90. The third-order valence-corrected chi connectivity index (χ3v) is 10.4. The van der Waals surface area contributed by atoms with Crippen LogP contribution in [0.3, 0.4) is 0 Å². The largest absolute Gasteiger partial charge is 0.392 e. The van der Waals surface area contributed by atoms with Gasteiger partial charge in [-0.15, -0.1) is 0 Å². The molecule has 0 radical (unpaired) electrons. The lowest BCUT2D eigenvalue weighted by Crippen LogP contribution is -2.68. The zero-order valence-corrected chi connectivity index (χ0v) is 20.6. The number of hydrogen-bond donors (Lipinski definition) is 3. The molecule has 4 fully saturated rings. The van der Waals surface area contributed by atoms with E-state index in [2.05, 4.69) is 12.2 Å². The number of carbonyl (C=O) groups is 3. The Morgan fingerprint density at radius 2 is 1.74 bits per heavy atom. The predicted octanol–water partition coefficient (Wildman–Crippen LogP) is 3.65. The number of aliphatic hydroxyl groups excluding tert-OH is 2. The molecule has 34 heavy (non-hydrogen) atoms. The first-order chi connectivity index (χ1) is 16.0. The zero-order chi connectivity index (χ0) is 24.6. The summed E-state index contributed by atoms with van der Waals surface area (Å²) in [6, 6.07) is 7.20. The Morgan fingerprint density at radius 1 is 1.06 bits per heavy atom. The summed E-state index contributed by atoms with van der Waals surface area (Å²) < 4.78 is 0. The van der Waals surface area contributed by atoms with Gasteiger partial charge < -0.3 is 15.5 Å². The Morgan fingerprint density at radius 3 is 2.38 bits per heavy atom. The first-order valence-electron chi connectivity index (χ1n) is 12.7. The summed E-state index contributed by atoms with van der Waals surface area (Å²) in [6.07, 6.45) is 1.34. The first-order valence-corrected chi connectivity index (χ1v) is 12.7. The highest BCUT2D eigenvalue weighted by Gasteiger charge is 2.75. The van der Waals surface area contributed by atoms with E-state index < -0.39 is 23.0 Å². The van der Waals surface area contributed by atoms with Crippen molar-refractivity contribution in [2.75, 3.05) is 11.9 Å². The highest BCUT2D eigenvalue weighted by Crippen LogP contribution is 2.70. The monoisotopic (exact) mass is 467 g/mol. The lowest BCUT2D eigenvalue weighted by Gasteiger charge is -2.64. The van der Waals surface area contributed by atoms with Gasteiger partial charge >= 0.3 is 0 Å². The third-order valence-electron chi connectivity index (χ3n) is 10.4. The fourth-order valence-electron chi connectivity index (χ4n) is 8.63. The Balaban J connectivity index is 1.44. The van der Waals surface area contributed by atoms with Crippen LogP contribution in [0.5, 0.6) is 0 Å². The van der Waals surface area contributed by atoms with Gasteiger partial charge in [0.2, 0.25) is 0 Å². The second-order valence-corrected chi connectivity index (χ2v) is 12.1. The molecular weight excluding hydrogens is 430 g/mol. The van der Waals surface area contributed by atoms with Crippen molar-refractivity contribution in [2.45, 2.75) is 72.0 Å². The number of fused-ring (bicyclic) bond motifs is 3. The Kier molecular flexibility index (Phi) is 5.38. The van der Waals surface area contributed by atoms with Gasteiger partial charge in [0.05, 0.1) is 17.6 Å². The summed E-state index contributed by atoms with van der Waals surface area (Å²) in [4.78, 5) is 38.4. The van der Waals surface area contributed by atoms with Gasteiger partial charge in [0.1, 0.15) is 11.6 Å². The molecule has 0 amide bonds. The minimum absolute atomic E-state index is 0.000362. The number of aliphatic hydroxyl groups is 2. The van der Waals surface area contributed by atoms with E-state index in [1.807, 2.05) is 26.0 Å². The van der Waals surface area contributed by atoms with Gasteiger partial charge in [-0.25, -0.2) is 0 Å². The van der Waals surface area contributed by atoms with E-state index in [1.165, 1.54) is 6.92 Å². The second kappa shape index (κ2) is 7.72. The van der Waals surface area contributed by atoms with Gasteiger partial charge in [-0.1, -0.05) is 20.8 Å². The number of Topliss-reactive ketones (excluding diaryl/α,β-unsaturated/α-hetero) is 3. The molecule has 8 atom stereocenters. The molecule has 1 unspecified atom stereocenters. The Labute approximate surface area is 201 Å².